The average molecular weight is 535 g/mol. The summed E-state index contributed by atoms with van der Waals surface area (Å²) in [7, 11) is 0. The van der Waals surface area contributed by atoms with Crippen molar-refractivity contribution >= 4 is 12.2 Å². The van der Waals surface area contributed by atoms with Gasteiger partial charge in [-0.25, -0.2) is 9.59 Å². The quantitative estimate of drug-likeness (QED) is 0.229. The molecule has 5 N–H and O–H groups in total. The van der Waals surface area contributed by atoms with Gasteiger partial charge < -0.3 is 30.7 Å². The van der Waals surface area contributed by atoms with Gasteiger partial charge in [-0.2, -0.15) is 0 Å². The molecular weight excluding hydrogens is 496 g/mol. The third-order valence-corrected chi connectivity index (χ3v) is 6.37. The number of aliphatic hydroxyl groups excluding tert-OH is 1. The number of aliphatic hydroxyl groups is 1. The first kappa shape index (κ1) is 29.5. The van der Waals surface area contributed by atoms with Gasteiger partial charge in [0, 0.05) is 12.0 Å². The predicted molar refractivity (Wildman–Crippen MR) is 150 cm³/mol. The molecule has 1 unspecified atom stereocenters. The van der Waals surface area contributed by atoms with Crippen LogP contribution in [-0.4, -0.2) is 51.3 Å². The second-order valence-electron chi connectivity index (χ2n) is 10.7. The summed E-state index contributed by atoms with van der Waals surface area (Å²) >= 11 is 0. The third kappa shape index (κ3) is 9.98. The average Bonchev–Trinajstić information content (AvgIpc) is 2.87. The zero-order valence-electron chi connectivity index (χ0n) is 22.6. The highest BCUT2D eigenvalue weighted by molar-refractivity contribution is 5.68. The Kier molecular flexibility index (Phi) is 10.3. The molecule has 8 nitrogen and oxygen atoms in total. The normalized spacial score (nSPS) is 14.5. The van der Waals surface area contributed by atoms with E-state index >= 15 is 0 Å². The zero-order chi connectivity index (χ0) is 28.4. The lowest BCUT2D eigenvalue weighted by Crippen LogP contribution is -2.50. The number of amides is 2. The van der Waals surface area contributed by atoms with Gasteiger partial charge in [-0.15, -0.1) is 0 Å². The number of ether oxygens (including phenoxy) is 1. The van der Waals surface area contributed by atoms with Crippen LogP contribution in [0.4, 0.5) is 9.59 Å². The molecule has 2 amide bonds. The molecule has 0 bridgehead atoms. The van der Waals surface area contributed by atoms with E-state index in [2.05, 4.69) is 10.6 Å². The van der Waals surface area contributed by atoms with Gasteiger partial charge in [0.15, 0.2) is 0 Å². The number of rotatable bonds is 11. The molecule has 39 heavy (non-hydrogen) atoms. The van der Waals surface area contributed by atoms with Crippen LogP contribution in [0, 0.1) is 0 Å². The molecule has 0 aliphatic heterocycles. The summed E-state index contributed by atoms with van der Waals surface area (Å²) in [5.41, 5.74) is 2.05. The predicted octanol–water partition coefficient (Wildman–Crippen LogP) is 5.24. The first-order valence-corrected chi connectivity index (χ1v) is 13.0. The first-order chi connectivity index (χ1) is 18.5. The fourth-order valence-corrected chi connectivity index (χ4v) is 4.60. The van der Waals surface area contributed by atoms with Gasteiger partial charge in [-0.3, -0.25) is 0 Å². The maximum Gasteiger partial charge on any atom is 0.407 e. The van der Waals surface area contributed by atoms with Crippen molar-refractivity contribution in [2.45, 2.75) is 69.7 Å². The number of aromatic hydroxyl groups is 1. The van der Waals surface area contributed by atoms with Crippen molar-refractivity contribution in [2.75, 3.05) is 0 Å². The van der Waals surface area contributed by atoms with Crippen LogP contribution in [0.1, 0.15) is 49.8 Å². The van der Waals surface area contributed by atoms with Gasteiger partial charge in [0.25, 0.3) is 0 Å². The minimum atomic E-state index is -1.27. The highest BCUT2D eigenvalue weighted by Crippen LogP contribution is 2.29. The summed E-state index contributed by atoms with van der Waals surface area (Å²) in [5.74, 6) is -0.148. The topological polar surface area (TPSA) is 128 Å². The number of nitrogens with one attached hydrogen (secondary N) is 2. The van der Waals surface area contributed by atoms with Gasteiger partial charge >= 0.3 is 12.2 Å². The Labute approximate surface area is 229 Å². The fourth-order valence-electron chi connectivity index (χ4n) is 4.60. The molecule has 0 aliphatic carbocycles. The van der Waals surface area contributed by atoms with E-state index in [0.717, 1.165) is 16.7 Å². The molecule has 0 saturated heterocycles. The Morgan fingerprint density at radius 1 is 0.795 bits per heavy atom. The molecule has 0 aliphatic rings. The summed E-state index contributed by atoms with van der Waals surface area (Å²) in [5, 5.41) is 35.9. The standard InChI is InChI=1S/C31H38N2O6/c1-31(2,3)39-30(38)33-26(25(23-12-8-5-9-13-23)18-21-10-6-4-7-11-21)20-28(35)27(32-29(36)37)19-22-14-16-24(34)17-15-22/h4-17,25-28,32,34-35H,18-20H2,1-3H3,(H,33,38)(H,36,37)/t25?,26-,27-,28+/m0/s1. The molecule has 3 rings (SSSR count). The van der Waals surface area contributed by atoms with Crippen molar-refractivity contribution in [1.82, 2.24) is 10.6 Å². The van der Waals surface area contributed by atoms with Crippen LogP contribution in [0.2, 0.25) is 0 Å². The summed E-state index contributed by atoms with van der Waals surface area (Å²) in [6, 6.07) is 24.5. The molecule has 0 spiro atoms. The van der Waals surface area contributed by atoms with Crippen molar-refractivity contribution < 1.29 is 29.6 Å². The highest BCUT2D eigenvalue weighted by atomic mass is 16.6. The molecule has 8 heteroatoms. The number of carboxylic acid groups (broad SMARTS) is 1. The Morgan fingerprint density at radius 2 is 1.36 bits per heavy atom. The van der Waals surface area contributed by atoms with Crippen LogP contribution in [0.5, 0.6) is 5.75 Å². The second kappa shape index (κ2) is 13.7. The molecule has 0 fully saturated rings. The molecule has 3 aromatic rings. The van der Waals surface area contributed by atoms with Crippen LogP contribution in [0.3, 0.4) is 0 Å². The van der Waals surface area contributed by atoms with Gasteiger partial charge in [0.2, 0.25) is 0 Å². The van der Waals surface area contributed by atoms with E-state index in [4.69, 9.17) is 4.74 Å². The summed E-state index contributed by atoms with van der Waals surface area (Å²) < 4.78 is 5.55. The maximum atomic E-state index is 13.0. The summed E-state index contributed by atoms with van der Waals surface area (Å²) in [4.78, 5) is 24.6. The Bertz CT molecular complexity index is 1180. The molecule has 208 valence electrons. The molecule has 0 aromatic heterocycles. The SMILES string of the molecule is CC(C)(C)OC(=O)N[C@@H](C[C@@H](O)[C@H](Cc1ccc(O)cc1)NC(=O)O)C(Cc1ccccc1)c1ccccc1. The van der Waals surface area contributed by atoms with E-state index in [9.17, 15) is 24.9 Å². The number of carbonyl (C=O) groups is 2. The van der Waals surface area contributed by atoms with Crippen molar-refractivity contribution in [1.29, 1.82) is 0 Å². The number of phenolic OH excluding ortho intramolecular Hbond substituents is 1. The van der Waals surface area contributed by atoms with Gasteiger partial charge in [-0.1, -0.05) is 72.8 Å². The van der Waals surface area contributed by atoms with Gasteiger partial charge in [0.05, 0.1) is 12.1 Å². The number of hydrogen-bond donors (Lipinski definition) is 5. The van der Waals surface area contributed by atoms with Crippen LogP contribution >= 0.6 is 0 Å². The lowest BCUT2D eigenvalue weighted by Gasteiger charge is -2.33. The van der Waals surface area contributed by atoms with Crippen LogP contribution in [-0.2, 0) is 17.6 Å². The Morgan fingerprint density at radius 3 is 1.92 bits per heavy atom. The number of hydrogen-bond acceptors (Lipinski definition) is 5. The van der Waals surface area contributed by atoms with E-state index in [1.807, 2.05) is 60.7 Å². The van der Waals surface area contributed by atoms with Crippen molar-refractivity contribution in [3.8, 4) is 5.75 Å². The van der Waals surface area contributed by atoms with Gasteiger partial charge in [0.1, 0.15) is 11.4 Å². The van der Waals surface area contributed by atoms with Gasteiger partial charge in [-0.05, 0) is 68.9 Å². The van der Waals surface area contributed by atoms with Crippen molar-refractivity contribution in [3.05, 3.63) is 102 Å². The minimum absolute atomic E-state index is 0.0642. The number of benzene rings is 3. The lowest BCUT2D eigenvalue weighted by atomic mass is 9.82. The second-order valence-corrected chi connectivity index (χ2v) is 10.7. The first-order valence-electron chi connectivity index (χ1n) is 13.0. The van der Waals surface area contributed by atoms with Crippen LogP contribution in [0.25, 0.3) is 0 Å². The van der Waals surface area contributed by atoms with Crippen LogP contribution in [0.15, 0.2) is 84.9 Å². The molecule has 0 heterocycles. The molecule has 0 saturated carbocycles. The number of phenols is 1. The molecule has 3 aromatic carbocycles. The monoisotopic (exact) mass is 534 g/mol. The lowest BCUT2D eigenvalue weighted by molar-refractivity contribution is 0.0451. The number of alkyl carbamates (subject to hydrolysis) is 1. The summed E-state index contributed by atoms with van der Waals surface area (Å²) in [6.45, 7) is 5.33. The minimum Gasteiger partial charge on any atom is -0.508 e. The van der Waals surface area contributed by atoms with E-state index in [1.54, 1.807) is 32.9 Å². The van der Waals surface area contributed by atoms with Crippen molar-refractivity contribution in [3.63, 3.8) is 0 Å². The highest BCUT2D eigenvalue weighted by Gasteiger charge is 2.32. The smallest absolute Gasteiger partial charge is 0.407 e. The Balaban J connectivity index is 1.94. The summed E-state index contributed by atoms with van der Waals surface area (Å²) in [6.07, 6.45) is -2.19. The third-order valence-electron chi connectivity index (χ3n) is 6.37. The van der Waals surface area contributed by atoms with Crippen LogP contribution < -0.4 is 10.6 Å². The van der Waals surface area contributed by atoms with E-state index < -0.39 is 36.0 Å². The fraction of sp³-hybridized carbons (Fsp3) is 0.355. The number of carbonyl (C=O) groups excluding carboxylic acids is 1. The molecule has 0 radical (unpaired) electrons. The van der Waals surface area contributed by atoms with E-state index in [0.29, 0.717) is 6.42 Å². The van der Waals surface area contributed by atoms with Crippen molar-refractivity contribution in [2.24, 2.45) is 0 Å². The molecular formula is C31H38N2O6. The maximum absolute atomic E-state index is 13.0. The van der Waals surface area contributed by atoms with E-state index in [-0.39, 0.29) is 24.5 Å². The Hall–Kier alpha value is -4.04. The largest absolute Gasteiger partial charge is 0.508 e. The zero-order valence-corrected chi connectivity index (χ0v) is 22.6. The molecule has 4 atom stereocenters. The van der Waals surface area contributed by atoms with E-state index in [1.165, 1.54) is 12.1 Å².